The van der Waals surface area contributed by atoms with Gasteiger partial charge in [0.2, 0.25) is 0 Å². The molecule has 2 aromatic heterocycles. The molecule has 0 bridgehead atoms. The van der Waals surface area contributed by atoms with Crippen LogP contribution < -0.4 is 0 Å². The van der Waals surface area contributed by atoms with E-state index in [4.69, 9.17) is 0 Å². The third-order valence-electron chi connectivity index (χ3n) is 4.32. The normalized spacial score (nSPS) is 23.9. The highest BCUT2D eigenvalue weighted by atomic mass is 15.2. The highest BCUT2D eigenvalue weighted by molar-refractivity contribution is 5.04. The molecule has 0 radical (unpaired) electrons. The van der Waals surface area contributed by atoms with Gasteiger partial charge in [-0.25, -0.2) is 4.98 Å². The van der Waals surface area contributed by atoms with Crippen LogP contribution in [0.2, 0.25) is 0 Å². The Balaban J connectivity index is 1.58. The summed E-state index contributed by atoms with van der Waals surface area (Å²) in [6, 6.07) is 6.70. The van der Waals surface area contributed by atoms with Crippen molar-refractivity contribution in [1.82, 2.24) is 19.4 Å². The van der Waals surface area contributed by atoms with Crippen LogP contribution in [0.5, 0.6) is 0 Å². The van der Waals surface area contributed by atoms with Crippen molar-refractivity contribution in [2.45, 2.75) is 25.8 Å². The van der Waals surface area contributed by atoms with Gasteiger partial charge in [-0.3, -0.25) is 4.98 Å². The van der Waals surface area contributed by atoms with Gasteiger partial charge in [0.15, 0.2) is 0 Å². The summed E-state index contributed by atoms with van der Waals surface area (Å²) in [5, 5.41) is 0. The van der Waals surface area contributed by atoms with Crippen LogP contribution in [-0.4, -0.2) is 39.1 Å². The quantitative estimate of drug-likeness (QED) is 0.855. The van der Waals surface area contributed by atoms with Crippen molar-refractivity contribution in [2.75, 3.05) is 19.6 Å². The Bertz CT molecular complexity index is 509. The van der Waals surface area contributed by atoms with E-state index in [0.29, 0.717) is 6.04 Å². The molecule has 0 N–H and O–H groups in total. The maximum atomic E-state index is 4.41. The van der Waals surface area contributed by atoms with Crippen molar-refractivity contribution in [3.63, 3.8) is 0 Å². The van der Waals surface area contributed by atoms with Crippen molar-refractivity contribution in [1.29, 1.82) is 0 Å². The SMILES string of the molecule is C[C@H]1CCN(CCc2ccccn2)C[C@H]1n1ccnc1. The third kappa shape index (κ3) is 3.07. The number of nitrogens with zero attached hydrogens (tertiary/aromatic N) is 4. The minimum Gasteiger partial charge on any atom is -0.333 e. The van der Waals surface area contributed by atoms with Crippen molar-refractivity contribution >= 4 is 0 Å². The summed E-state index contributed by atoms with van der Waals surface area (Å²) < 4.78 is 2.26. The molecule has 0 aliphatic carbocycles. The molecular formula is C16H22N4. The van der Waals surface area contributed by atoms with Gasteiger partial charge < -0.3 is 9.47 Å². The van der Waals surface area contributed by atoms with Crippen LogP contribution in [0.25, 0.3) is 0 Å². The van der Waals surface area contributed by atoms with Crippen molar-refractivity contribution < 1.29 is 0 Å². The number of piperidine rings is 1. The number of likely N-dealkylation sites (tertiary alicyclic amines) is 1. The van der Waals surface area contributed by atoms with E-state index < -0.39 is 0 Å². The highest BCUT2D eigenvalue weighted by Gasteiger charge is 2.26. The Morgan fingerprint density at radius 3 is 3.00 bits per heavy atom. The molecule has 0 unspecified atom stereocenters. The van der Waals surface area contributed by atoms with E-state index in [1.165, 1.54) is 18.7 Å². The number of hydrogen-bond acceptors (Lipinski definition) is 3. The van der Waals surface area contributed by atoms with Gasteiger partial charge in [0.05, 0.1) is 6.33 Å². The molecule has 1 fully saturated rings. The van der Waals surface area contributed by atoms with Crippen molar-refractivity contribution in [2.24, 2.45) is 5.92 Å². The Morgan fingerprint density at radius 2 is 2.25 bits per heavy atom. The van der Waals surface area contributed by atoms with Gasteiger partial charge in [-0.05, 0) is 31.0 Å². The Labute approximate surface area is 120 Å². The fourth-order valence-corrected chi connectivity index (χ4v) is 2.99. The van der Waals surface area contributed by atoms with Gasteiger partial charge in [-0.2, -0.15) is 0 Å². The van der Waals surface area contributed by atoms with Crippen molar-refractivity contribution in [3.05, 3.63) is 48.8 Å². The van der Waals surface area contributed by atoms with E-state index in [-0.39, 0.29) is 0 Å². The molecule has 0 spiro atoms. The number of imidazole rings is 1. The van der Waals surface area contributed by atoms with Crippen LogP contribution in [-0.2, 0) is 6.42 Å². The van der Waals surface area contributed by atoms with E-state index in [1.54, 1.807) is 0 Å². The Hall–Kier alpha value is -1.68. The second-order valence-electron chi connectivity index (χ2n) is 5.71. The summed E-state index contributed by atoms with van der Waals surface area (Å²) in [4.78, 5) is 11.1. The fraction of sp³-hybridized carbons (Fsp3) is 0.500. The average Bonchev–Trinajstić information content (AvgIpc) is 3.01. The van der Waals surface area contributed by atoms with Crippen LogP contribution in [0, 0.1) is 5.92 Å². The van der Waals surface area contributed by atoms with E-state index in [2.05, 4.69) is 44.7 Å². The number of rotatable bonds is 4. The van der Waals surface area contributed by atoms with Gasteiger partial charge in [0.25, 0.3) is 0 Å². The van der Waals surface area contributed by atoms with E-state index in [0.717, 1.165) is 25.4 Å². The van der Waals surface area contributed by atoms with Gasteiger partial charge in [0.1, 0.15) is 0 Å². The van der Waals surface area contributed by atoms with Gasteiger partial charge >= 0.3 is 0 Å². The monoisotopic (exact) mass is 270 g/mol. The summed E-state index contributed by atoms with van der Waals surface area (Å²) >= 11 is 0. The van der Waals surface area contributed by atoms with Crippen LogP contribution in [0.4, 0.5) is 0 Å². The molecule has 20 heavy (non-hydrogen) atoms. The fourth-order valence-electron chi connectivity index (χ4n) is 2.99. The predicted molar refractivity (Wildman–Crippen MR) is 79.4 cm³/mol. The lowest BCUT2D eigenvalue weighted by molar-refractivity contribution is 0.133. The number of pyridine rings is 1. The molecule has 1 aliphatic heterocycles. The summed E-state index contributed by atoms with van der Waals surface area (Å²) in [5.41, 5.74) is 1.19. The van der Waals surface area contributed by atoms with E-state index >= 15 is 0 Å². The first-order valence-electron chi connectivity index (χ1n) is 7.42. The third-order valence-corrected chi connectivity index (χ3v) is 4.32. The second-order valence-corrected chi connectivity index (χ2v) is 5.71. The minimum absolute atomic E-state index is 0.551. The number of aromatic nitrogens is 3. The topological polar surface area (TPSA) is 34.0 Å². The lowest BCUT2D eigenvalue weighted by atomic mass is 9.93. The first kappa shape index (κ1) is 13.3. The molecule has 2 atom stereocenters. The predicted octanol–water partition coefficient (Wildman–Crippen LogP) is 2.40. The Morgan fingerprint density at radius 1 is 1.30 bits per heavy atom. The molecule has 1 saturated heterocycles. The summed E-state index contributed by atoms with van der Waals surface area (Å²) in [6.07, 6.45) is 10.1. The molecule has 4 heteroatoms. The average molecular weight is 270 g/mol. The zero-order valence-electron chi connectivity index (χ0n) is 12.0. The number of hydrogen-bond donors (Lipinski definition) is 0. The van der Waals surface area contributed by atoms with Gasteiger partial charge in [0, 0.05) is 49.8 Å². The van der Waals surface area contributed by atoms with Crippen LogP contribution in [0.1, 0.15) is 25.1 Å². The first-order chi connectivity index (χ1) is 9.83. The summed E-state index contributed by atoms with van der Waals surface area (Å²) in [5.74, 6) is 0.718. The second kappa shape index (κ2) is 6.18. The standard InChI is InChI=1S/C16H22N4/c1-14-5-9-19(10-6-15-4-2-3-7-18-15)12-16(14)20-11-8-17-13-20/h2-4,7-8,11,13-14,16H,5-6,9-10,12H2,1H3/t14-,16+/m0/s1. The highest BCUT2D eigenvalue weighted by Crippen LogP contribution is 2.27. The van der Waals surface area contributed by atoms with Crippen LogP contribution >= 0.6 is 0 Å². The van der Waals surface area contributed by atoms with E-state index in [9.17, 15) is 0 Å². The largest absolute Gasteiger partial charge is 0.333 e. The maximum Gasteiger partial charge on any atom is 0.0949 e. The Kier molecular flexibility index (Phi) is 4.11. The summed E-state index contributed by atoms with van der Waals surface area (Å²) in [6.45, 7) is 5.75. The van der Waals surface area contributed by atoms with Crippen molar-refractivity contribution in [3.8, 4) is 0 Å². The molecule has 3 rings (SSSR count). The molecule has 4 nitrogen and oxygen atoms in total. The minimum atomic E-state index is 0.551. The molecule has 0 amide bonds. The first-order valence-corrected chi connectivity index (χ1v) is 7.42. The maximum absolute atomic E-state index is 4.41. The molecule has 0 aromatic carbocycles. The van der Waals surface area contributed by atoms with Crippen LogP contribution in [0.15, 0.2) is 43.1 Å². The zero-order valence-corrected chi connectivity index (χ0v) is 12.0. The lowest BCUT2D eigenvalue weighted by Gasteiger charge is -2.37. The summed E-state index contributed by atoms with van der Waals surface area (Å²) in [7, 11) is 0. The molecular weight excluding hydrogens is 248 g/mol. The van der Waals surface area contributed by atoms with Gasteiger partial charge in [-0.15, -0.1) is 0 Å². The molecule has 106 valence electrons. The zero-order chi connectivity index (χ0) is 13.8. The van der Waals surface area contributed by atoms with Gasteiger partial charge in [-0.1, -0.05) is 13.0 Å². The van der Waals surface area contributed by atoms with E-state index in [1.807, 2.05) is 24.8 Å². The molecule has 2 aromatic rings. The lowest BCUT2D eigenvalue weighted by Crippen LogP contribution is -2.41. The molecule has 3 heterocycles. The molecule has 0 saturated carbocycles. The smallest absolute Gasteiger partial charge is 0.0949 e. The molecule has 1 aliphatic rings. The van der Waals surface area contributed by atoms with Crippen LogP contribution in [0.3, 0.4) is 0 Å².